The molecule has 2 heterocycles. The number of rotatable bonds is 5. The van der Waals surface area contributed by atoms with Gasteiger partial charge in [0.1, 0.15) is 11.9 Å². The molecule has 0 aliphatic rings. The molecule has 0 radical (unpaired) electrons. The summed E-state index contributed by atoms with van der Waals surface area (Å²) < 4.78 is 7.15. The highest BCUT2D eigenvalue weighted by molar-refractivity contribution is 6.02. The maximum atomic E-state index is 12.1. The molecule has 9 nitrogen and oxygen atoms in total. The molecule has 0 spiro atoms. The Morgan fingerprint density at radius 1 is 1.18 bits per heavy atom. The van der Waals surface area contributed by atoms with Crippen molar-refractivity contribution in [1.29, 1.82) is 5.26 Å². The Bertz CT molecular complexity index is 1180. The van der Waals surface area contributed by atoms with Crippen LogP contribution in [0.15, 0.2) is 56.7 Å². The normalized spacial score (nSPS) is 10.3. The fourth-order valence-electron chi connectivity index (χ4n) is 2.70. The van der Waals surface area contributed by atoms with Gasteiger partial charge in [0.05, 0.1) is 6.26 Å². The molecule has 9 heteroatoms. The predicted molar refractivity (Wildman–Crippen MR) is 102 cm³/mol. The van der Waals surface area contributed by atoms with E-state index in [4.69, 9.17) is 4.42 Å². The van der Waals surface area contributed by atoms with Gasteiger partial charge in [-0.3, -0.25) is 18.7 Å². The molecule has 3 aromatic rings. The number of hydrogen-bond acceptors (Lipinski definition) is 6. The number of furan rings is 1. The topological polar surface area (TPSA) is 122 Å². The SMILES string of the molecule is Cn1c(NCc2cccc(NC(=O)c3ccco3)c2)c(C#N)c(=O)n(C)c1=O. The first kappa shape index (κ1) is 18.7. The van der Waals surface area contributed by atoms with Crippen LogP contribution >= 0.6 is 0 Å². The highest BCUT2D eigenvalue weighted by Crippen LogP contribution is 2.15. The van der Waals surface area contributed by atoms with Gasteiger partial charge in [0.25, 0.3) is 11.5 Å². The monoisotopic (exact) mass is 379 g/mol. The Labute approximate surface area is 159 Å². The summed E-state index contributed by atoms with van der Waals surface area (Å²) in [6.45, 7) is 0.236. The molecule has 142 valence electrons. The molecule has 0 saturated carbocycles. The first-order valence-corrected chi connectivity index (χ1v) is 8.30. The lowest BCUT2D eigenvalue weighted by atomic mass is 10.2. The van der Waals surface area contributed by atoms with Gasteiger partial charge in [-0.15, -0.1) is 0 Å². The minimum absolute atomic E-state index is 0.139. The molecule has 0 bridgehead atoms. The van der Waals surface area contributed by atoms with Crippen LogP contribution in [0, 0.1) is 11.3 Å². The largest absolute Gasteiger partial charge is 0.459 e. The van der Waals surface area contributed by atoms with Crippen LogP contribution in [0.4, 0.5) is 11.5 Å². The van der Waals surface area contributed by atoms with E-state index in [9.17, 15) is 19.6 Å². The van der Waals surface area contributed by atoms with Gasteiger partial charge in [0, 0.05) is 26.3 Å². The minimum Gasteiger partial charge on any atom is -0.459 e. The lowest BCUT2D eigenvalue weighted by Crippen LogP contribution is -2.39. The number of carbonyl (C=O) groups excluding carboxylic acids is 1. The summed E-state index contributed by atoms with van der Waals surface area (Å²) >= 11 is 0. The van der Waals surface area contributed by atoms with E-state index in [1.807, 2.05) is 6.07 Å². The Morgan fingerprint density at radius 3 is 2.64 bits per heavy atom. The number of anilines is 2. The number of nitrogens with zero attached hydrogens (tertiary/aromatic N) is 3. The van der Waals surface area contributed by atoms with Crippen molar-refractivity contribution in [2.45, 2.75) is 6.54 Å². The fourth-order valence-corrected chi connectivity index (χ4v) is 2.70. The van der Waals surface area contributed by atoms with E-state index >= 15 is 0 Å². The van der Waals surface area contributed by atoms with E-state index in [0.29, 0.717) is 5.69 Å². The number of amides is 1. The van der Waals surface area contributed by atoms with Crippen molar-refractivity contribution in [1.82, 2.24) is 9.13 Å². The van der Waals surface area contributed by atoms with E-state index < -0.39 is 11.2 Å². The van der Waals surface area contributed by atoms with Crippen molar-refractivity contribution >= 4 is 17.4 Å². The van der Waals surface area contributed by atoms with E-state index in [2.05, 4.69) is 10.6 Å². The summed E-state index contributed by atoms with van der Waals surface area (Å²) in [4.78, 5) is 36.3. The number of nitriles is 1. The molecule has 3 rings (SSSR count). The number of benzene rings is 1. The zero-order valence-electron chi connectivity index (χ0n) is 15.2. The first-order valence-electron chi connectivity index (χ1n) is 8.30. The molecule has 0 fully saturated rings. The van der Waals surface area contributed by atoms with Crippen molar-refractivity contribution in [3.05, 3.63) is 80.4 Å². The first-order chi connectivity index (χ1) is 13.4. The summed E-state index contributed by atoms with van der Waals surface area (Å²) in [5.41, 5.74) is -0.0151. The van der Waals surface area contributed by atoms with Crippen LogP contribution in [0.3, 0.4) is 0 Å². The molecule has 2 N–H and O–H groups in total. The van der Waals surface area contributed by atoms with Crippen LogP contribution in [0.25, 0.3) is 0 Å². The second-order valence-corrected chi connectivity index (χ2v) is 6.03. The number of hydrogen-bond donors (Lipinski definition) is 2. The molecule has 2 aromatic heterocycles. The Kier molecular flexibility index (Phi) is 5.13. The molecular formula is C19H17N5O4. The highest BCUT2D eigenvalue weighted by atomic mass is 16.3. The second-order valence-electron chi connectivity index (χ2n) is 6.03. The Morgan fingerprint density at radius 2 is 1.96 bits per heavy atom. The van der Waals surface area contributed by atoms with E-state index in [1.54, 1.807) is 36.4 Å². The smallest absolute Gasteiger partial charge is 0.332 e. The number of aromatic nitrogens is 2. The average Bonchev–Trinajstić information content (AvgIpc) is 3.23. The van der Waals surface area contributed by atoms with Crippen molar-refractivity contribution < 1.29 is 9.21 Å². The average molecular weight is 379 g/mol. The van der Waals surface area contributed by atoms with Gasteiger partial charge in [-0.1, -0.05) is 12.1 Å². The molecule has 1 aromatic carbocycles. The van der Waals surface area contributed by atoms with Crippen molar-refractivity contribution in [2.24, 2.45) is 14.1 Å². The highest BCUT2D eigenvalue weighted by Gasteiger charge is 2.15. The molecule has 0 saturated heterocycles. The van der Waals surface area contributed by atoms with Crippen LogP contribution < -0.4 is 21.9 Å². The van der Waals surface area contributed by atoms with Crippen molar-refractivity contribution in [3.63, 3.8) is 0 Å². The molecule has 0 aliphatic carbocycles. The van der Waals surface area contributed by atoms with Crippen LogP contribution in [0.5, 0.6) is 0 Å². The van der Waals surface area contributed by atoms with Crippen LogP contribution in [0.2, 0.25) is 0 Å². The Balaban J connectivity index is 1.81. The van der Waals surface area contributed by atoms with Gasteiger partial charge in [-0.25, -0.2) is 4.79 Å². The molecule has 1 amide bonds. The quantitative estimate of drug-likeness (QED) is 0.691. The van der Waals surface area contributed by atoms with Gasteiger partial charge in [0.2, 0.25) is 0 Å². The molecule has 0 unspecified atom stereocenters. The van der Waals surface area contributed by atoms with Crippen LogP contribution in [-0.4, -0.2) is 15.0 Å². The summed E-state index contributed by atoms with van der Waals surface area (Å²) in [6, 6.07) is 12.0. The molecule has 0 atom stereocenters. The second kappa shape index (κ2) is 7.67. The standard InChI is InChI=1S/C19H17N5O4/c1-23-16(14(10-20)18(26)24(2)19(23)27)21-11-12-5-3-6-13(9-12)22-17(25)15-7-4-8-28-15/h3-9,21H,11H2,1-2H3,(H,22,25). The van der Waals surface area contributed by atoms with Gasteiger partial charge >= 0.3 is 5.69 Å². The van der Waals surface area contributed by atoms with Crippen molar-refractivity contribution in [3.8, 4) is 6.07 Å². The maximum absolute atomic E-state index is 12.1. The number of nitrogens with one attached hydrogen (secondary N) is 2. The van der Waals surface area contributed by atoms with E-state index in [1.165, 1.54) is 24.9 Å². The van der Waals surface area contributed by atoms with Gasteiger partial charge < -0.3 is 15.1 Å². The summed E-state index contributed by atoms with van der Waals surface area (Å²) in [5.74, 6) is -0.0474. The van der Waals surface area contributed by atoms with Gasteiger partial charge in [-0.2, -0.15) is 5.26 Å². The lowest BCUT2D eigenvalue weighted by Gasteiger charge is -2.14. The summed E-state index contributed by atoms with van der Waals surface area (Å²) in [6.07, 6.45) is 1.41. The lowest BCUT2D eigenvalue weighted by molar-refractivity contribution is 0.0996. The van der Waals surface area contributed by atoms with Gasteiger partial charge in [-0.05, 0) is 29.8 Å². The Hall–Kier alpha value is -4.06. The third-order valence-corrected chi connectivity index (χ3v) is 4.17. The number of carbonyl (C=O) groups is 1. The summed E-state index contributed by atoms with van der Waals surface area (Å²) in [7, 11) is 2.80. The zero-order valence-corrected chi connectivity index (χ0v) is 15.2. The van der Waals surface area contributed by atoms with E-state index in [-0.39, 0.29) is 29.6 Å². The third kappa shape index (κ3) is 3.57. The summed E-state index contributed by atoms with van der Waals surface area (Å²) in [5, 5.41) is 15.0. The molecule has 0 aliphatic heterocycles. The minimum atomic E-state index is -0.660. The molecular weight excluding hydrogens is 362 g/mol. The zero-order chi connectivity index (χ0) is 20.3. The maximum Gasteiger partial charge on any atom is 0.332 e. The fraction of sp³-hybridized carbons (Fsp3) is 0.158. The van der Waals surface area contributed by atoms with E-state index in [0.717, 1.165) is 10.1 Å². The van der Waals surface area contributed by atoms with Crippen LogP contribution in [-0.2, 0) is 20.6 Å². The van der Waals surface area contributed by atoms with Gasteiger partial charge in [0.15, 0.2) is 11.3 Å². The van der Waals surface area contributed by atoms with Crippen LogP contribution in [0.1, 0.15) is 21.7 Å². The molecule has 28 heavy (non-hydrogen) atoms. The van der Waals surface area contributed by atoms with Crippen molar-refractivity contribution in [2.75, 3.05) is 10.6 Å². The predicted octanol–water partition coefficient (Wildman–Crippen LogP) is 1.41. The third-order valence-electron chi connectivity index (χ3n) is 4.17.